The summed E-state index contributed by atoms with van der Waals surface area (Å²) >= 11 is 1.71. The van der Waals surface area contributed by atoms with Gasteiger partial charge >= 0.3 is 0 Å². The van der Waals surface area contributed by atoms with Crippen LogP contribution in [0.3, 0.4) is 0 Å². The fraction of sp³-hybridized carbons (Fsp3) is 0.391. The summed E-state index contributed by atoms with van der Waals surface area (Å²) in [4.78, 5) is 37.3. The standard InChI is InChI=1S/C23H27N5O2S/c1-3-18-12-19-21(26-14(2)27-22(19)31-18)25-13-15-4-6-17(7-5-15)23(30)28-10-8-16(9-11-28)20(24)29/h4-7,12,16H,3,8-11,13H2,1-2H3,(H2,24,29)(H,25,26,27). The van der Waals surface area contributed by atoms with Gasteiger partial charge in [-0.15, -0.1) is 11.3 Å². The van der Waals surface area contributed by atoms with E-state index in [2.05, 4.69) is 28.3 Å². The molecule has 0 radical (unpaired) electrons. The Bertz CT molecular complexity index is 1100. The number of nitrogens with one attached hydrogen (secondary N) is 1. The molecule has 1 aliphatic heterocycles. The monoisotopic (exact) mass is 437 g/mol. The quantitative estimate of drug-likeness (QED) is 0.614. The van der Waals surface area contributed by atoms with Crippen molar-refractivity contribution < 1.29 is 9.59 Å². The largest absolute Gasteiger partial charge is 0.369 e. The van der Waals surface area contributed by atoms with Crippen LogP contribution in [0.15, 0.2) is 30.3 Å². The molecule has 7 nitrogen and oxygen atoms in total. The highest BCUT2D eigenvalue weighted by atomic mass is 32.1. The van der Waals surface area contributed by atoms with E-state index in [-0.39, 0.29) is 17.7 Å². The molecule has 8 heteroatoms. The van der Waals surface area contributed by atoms with Crippen LogP contribution in [-0.4, -0.2) is 39.8 Å². The Morgan fingerprint density at radius 3 is 2.55 bits per heavy atom. The van der Waals surface area contributed by atoms with Crippen molar-refractivity contribution in [2.75, 3.05) is 18.4 Å². The van der Waals surface area contributed by atoms with Gasteiger partial charge in [0.25, 0.3) is 5.91 Å². The van der Waals surface area contributed by atoms with Crippen molar-refractivity contribution in [1.29, 1.82) is 0 Å². The number of rotatable bonds is 6. The van der Waals surface area contributed by atoms with Crippen molar-refractivity contribution in [3.63, 3.8) is 0 Å². The number of nitrogens with two attached hydrogens (primary N) is 1. The van der Waals surface area contributed by atoms with E-state index in [0.717, 1.165) is 33.8 Å². The maximum absolute atomic E-state index is 12.8. The molecule has 2 amide bonds. The van der Waals surface area contributed by atoms with E-state index < -0.39 is 0 Å². The van der Waals surface area contributed by atoms with Crippen LogP contribution in [0.4, 0.5) is 5.82 Å². The van der Waals surface area contributed by atoms with Gasteiger partial charge in [0.05, 0.1) is 5.39 Å². The zero-order chi connectivity index (χ0) is 22.0. The highest BCUT2D eigenvalue weighted by molar-refractivity contribution is 7.18. The lowest BCUT2D eigenvalue weighted by molar-refractivity contribution is -0.123. The molecule has 1 fully saturated rings. The molecule has 1 saturated heterocycles. The van der Waals surface area contributed by atoms with E-state index in [1.807, 2.05) is 31.2 Å². The van der Waals surface area contributed by atoms with Gasteiger partial charge in [-0.05, 0) is 49.9 Å². The lowest BCUT2D eigenvalue weighted by Crippen LogP contribution is -2.41. The maximum atomic E-state index is 12.8. The number of hydrogen-bond donors (Lipinski definition) is 2. The van der Waals surface area contributed by atoms with Gasteiger partial charge in [-0.3, -0.25) is 9.59 Å². The number of likely N-dealkylation sites (tertiary alicyclic amines) is 1. The third-order valence-electron chi connectivity index (χ3n) is 5.75. The first kappa shape index (κ1) is 21.2. The molecule has 0 atom stereocenters. The molecule has 0 bridgehead atoms. The highest BCUT2D eigenvalue weighted by Crippen LogP contribution is 2.29. The molecular formula is C23H27N5O2S. The third kappa shape index (κ3) is 4.69. The zero-order valence-corrected chi connectivity index (χ0v) is 18.7. The molecule has 3 aromatic rings. The number of anilines is 1. The van der Waals surface area contributed by atoms with E-state index in [0.29, 0.717) is 38.0 Å². The molecule has 4 rings (SSSR count). The van der Waals surface area contributed by atoms with Gasteiger partial charge in [0.15, 0.2) is 0 Å². The molecule has 1 aliphatic rings. The summed E-state index contributed by atoms with van der Waals surface area (Å²) in [6.45, 7) is 5.79. The smallest absolute Gasteiger partial charge is 0.253 e. The molecule has 3 heterocycles. The number of carbonyl (C=O) groups is 2. The predicted octanol–water partition coefficient (Wildman–Crippen LogP) is 3.51. The minimum Gasteiger partial charge on any atom is -0.369 e. The SMILES string of the molecule is CCc1cc2c(NCc3ccc(C(=O)N4CCC(C(N)=O)CC4)cc3)nc(C)nc2s1. The molecule has 162 valence electrons. The lowest BCUT2D eigenvalue weighted by Gasteiger charge is -2.30. The maximum Gasteiger partial charge on any atom is 0.253 e. The summed E-state index contributed by atoms with van der Waals surface area (Å²) < 4.78 is 0. The molecule has 0 aliphatic carbocycles. The van der Waals surface area contributed by atoms with E-state index >= 15 is 0 Å². The van der Waals surface area contributed by atoms with Crippen LogP contribution in [0, 0.1) is 12.8 Å². The number of amides is 2. The van der Waals surface area contributed by atoms with Gasteiger partial charge in [0, 0.05) is 36.0 Å². The van der Waals surface area contributed by atoms with E-state index in [1.165, 1.54) is 4.88 Å². The Labute approximate surface area is 185 Å². The van der Waals surface area contributed by atoms with Crippen LogP contribution < -0.4 is 11.1 Å². The Balaban J connectivity index is 1.40. The summed E-state index contributed by atoms with van der Waals surface area (Å²) in [5.74, 6) is 1.21. The fourth-order valence-electron chi connectivity index (χ4n) is 3.89. The van der Waals surface area contributed by atoms with Crippen molar-refractivity contribution in [3.05, 3.63) is 52.2 Å². The molecular weight excluding hydrogens is 410 g/mol. The van der Waals surface area contributed by atoms with E-state index in [4.69, 9.17) is 5.73 Å². The molecule has 0 spiro atoms. The Morgan fingerprint density at radius 1 is 1.19 bits per heavy atom. The summed E-state index contributed by atoms with van der Waals surface area (Å²) in [7, 11) is 0. The molecule has 0 saturated carbocycles. The van der Waals surface area contributed by atoms with Crippen LogP contribution >= 0.6 is 11.3 Å². The number of aryl methyl sites for hydroxylation is 2. The van der Waals surface area contributed by atoms with Gasteiger partial charge in [0.2, 0.25) is 5.91 Å². The number of thiophene rings is 1. The van der Waals surface area contributed by atoms with Gasteiger partial charge in [-0.25, -0.2) is 9.97 Å². The fourth-order valence-corrected chi connectivity index (χ4v) is 4.90. The summed E-state index contributed by atoms with van der Waals surface area (Å²) in [6.07, 6.45) is 2.26. The highest BCUT2D eigenvalue weighted by Gasteiger charge is 2.26. The predicted molar refractivity (Wildman–Crippen MR) is 123 cm³/mol. The number of piperidine rings is 1. The second kappa shape index (κ2) is 9.01. The molecule has 2 aromatic heterocycles. The second-order valence-corrected chi connectivity index (χ2v) is 9.04. The molecule has 1 aromatic carbocycles. The van der Waals surface area contributed by atoms with Crippen LogP contribution in [0.5, 0.6) is 0 Å². The normalized spacial score (nSPS) is 14.7. The van der Waals surface area contributed by atoms with Crippen LogP contribution in [-0.2, 0) is 17.8 Å². The number of fused-ring (bicyclic) bond motifs is 1. The summed E-state index contributed by atoms with van der Waals surface area (Å²) in [5, 5.41) is 4.48. The number of carbonyl (C=O) groups excluding carboxylic acids is 2. The average Bonchev–Trinajstić information content (AvgIpc) is 3.20. The van der Waals surface area contributed by atoms with Crippen molar-refractivity contribution >= 4 is 39.2 Å². The number of primary amides is 1. The topological polar surface area (TPSA) is 101 Å². The first-order valence-electron chi connectivity index (χ1n) is 10.6. The molecule has 0 unspecified atom stereocenters. The van der Waals surface area contributed by atoms with Crippen molar-refractivity contribution in [1.82, 2.24) is 14.9 Å². The van der Waals surface area contributed by atoms with Gasteiger partial charge in [0.1, 0.15) is 16.5 Å². The lowest BCUT2D eigenvalue weighted by atomic mass is 9.96. The summed E-state index contributed by atoms with van der Waals surface area (Å²) in [6, 6.07) is 9.81. The summed E-state index contributed by atoms with van der Waals surface area (Å²) in [5.41, 5.74) is 7.11. The van der Waals surface area contributed by atoms with Crippen molar-refractivity contribution in [2.45, 2.75) is 39.7 Å². The first-order valence-corrected chi connectivity index (χ1v) is 11.4. The number of hydrogen-bond acceptors (Lipinski definition) is 6. The van der Waals surface area contributed by atoms with Gasteiger partial charge < -0.3 is 16.0 Å². The van der Waals surface area contributed by atoms with Crippen LogP contribution in [0.1, 0.15) is 46.4 Å². The van der Waals surface area contributed by atoms with E-state index in [9.17, 15) is 9.59 Å². The van der Waals surface area contributed by atoms with Gasteiger partial charge in [-0.2, -0.15) is 0 Å². The molecule has 3 N–H and O–H groups in total. The molecule has 31 heavy (non-hydrogen) atoms. The second-order valence-electron chi connectivity index (χ2n) is 7.92. The van der Waals surface area contributed by atoms with Gasteiger partial charge in [-0.1, -0.05) is 19.1 Å². The Hall–Kier alpha value is -3.00. The Kier molecular flexibility index (Phi) is 6.18. The zero-order valence-electron chi connectivity index (χ0n) is 17.9. The van der Waals surface area contributed by atoms with Crippen molar-refractivity contribution in [2.24, 2.45) is 11.7 Å². The number of benzene rings is 1. The average molecular weight is 438 g/mol. The van der Waals surface area contributed by atoms with E-state index in [1.54, 1.807) is 16.2 Å². The van der Waals surface area contributed by atoms with Crippen LogP contribution in [0.25, 0.3) is 10.2 Å². The van der Waals surface area contributed by atoms with Crippen LogP contribution in [0.2, 0.25) is 0 Å². The third-order valence-corrected chi connectivity index (χ3v) is 6.92. The minimum absolute atomic E-state index is 0.000862. The minimum atomic E-state index is -0.270. The first-order chi connectivity index (χ1) is 14.9. The Morgan fingerprint density at radius 2 is 1.90 bits per heavy atom. The number of aromatic nitrogens is 2. The van der Waals surface area contributed by atoms with Crippen molar-refractivity contribution in [3.8, 4) is 0 Å². The number of nitrogens with zero attached hydrogens (tertiary/aromatic N) is 3.